The molecule has 1 fully saturated rings. The highest BCUT2D eigenvalue weighted by Gasteiger charge is 2.33. The second-order valence-corrected chi connectivity index (χ2v) is 4.58. The Balaban J connectivity index is 2.08. The van der Waals surface area contributed by atoms with Gasteiger partial charge in [-0.2, -0.15) is 0 Å². The van der Waals surface area contributed by atoms with Crippen molar-refractivity contribution in [1.29, 1.82) is 0 Å². The molecular formula is C13H15FN2O3. The molecule has 1 aromatic rings. The van der Waals surface area contributed by atoms with Crippen molar-refractivity contribution in [3.63, 3.8) is 0 Å². The van der Waals surface area contributed by atoms with E-state index in [-0.39, 0.29) is 0 Å². The van der Waals surface area contributed by atoms with Gasteiger partial charge in [-0.3, -0.25) is 0 Å². The summed E-state index contributed by atoms with van der Waals surface area (Å²) in [4.78, 5) is 24.2. The summed E-state index contributed by atoms with van der Waals surface area (Å²) in [5.41, 5.74) is 0.812. The molecule has 0 unspecified atom stereocenters. The second-order valence-electron chi connectivity index (χ2n) is 4.58. The number of hydrogen-bond acceptors (Lipinski definition) is 2. The minimum Gasteiger partial charge on any atom is -0.480 e. The Morgan fingerprint density at radius 1 is 1.47 bits per heavy atom. The first-order chi connectivity index (χ1) is 8.99. The third-order valence-electron chi connectivity index (χ3n) is 3.22. The number of anilines is 1. The molecule has 0 spiro atoms. The van der Waals surface area contributed by atoms with Gasteiger partial charge in [0.1, 0.15) is 11.9 Å². The van der Waals surface area contributed by atoms with E-state index < -0.39 is 23.9 Å². The molecule has 1 aliphatic rings. The van der Waals surface area contributed by atoms with Crippen molar-refractivity contribution in [3.8, 4) is 0 Å². The number of urea groups is 1. The predicted molar refractivity (Wildman–Crippen MR) is 67.5 cm³/mol. The first-order valence-corrected chi connectivity index (χ1v) is 6.05. The van der Waals surface area contributed by atoms with Gasteiger partial charge in [-0.25, -0.2) is 14.0 Å². The van der Waals surface area contributed by atoms with Gasteiger partial charge in [0, 0.05) is 12.2 Å². The van der Waals surface area contributed by atoms with Crippen LogP contribution < -0.4 is 5.32 Å². The molecule has 1 aliphatic heterocycles. The largest absolute Gasteiger partial charge is 0.480 e. The molecule has 0 radical (unpaired) electrons. The Kier molecular flexibility index (Phi) is 3.69. The van der Waals surface area contributed by atoms with Gasteiger partial charge in [-0.15, -0.1) is 0 Å². The zero-order valence-corrected chi connectivity index (χ0v) is 10.5. The minimum absolute atomic E-state index is 0.323. The highest BCUT2D eigenvalue weighted by atomic mass is 19.1. The van der Waals surface area contributed by atoms with Crippen molar-refractivity contribution in [2.24, 2.45) is 0 Å². The molecule has 0 aromatic heterocycles. The smallest absolute Gasteiger partial charge is 0.326 e. The van der Waals surface area contributed by atoms with Crippen molar-refractivity contribution in [2.45, 2.75) is 25.8 Å². The highest BCUT2D eigenvalue weighted by molar-refractivity contribution is 5.92. The number of carbonyl (C=O) groups excluding carboxylic acids is 1. The van der Waals surface area contributed by atoms with Crippen LogP contribution in [-0.4, -0.2) is 34.6 Å². The van der Waals surface area contributed by atoms with Crippen LogP contribution in [0, 0.1) is 12.7 Å². The van der Waals surface area contributed by atoms with Crippen LogP contribution in [0.5, 0.6) is 0 Å². The zero-order valence-electron chi connectivity index (χ0n) is 10.5. The molecular weight excluding hydrogens is 251 g/mol. The third kappa shape index (κ3) is 2.83. The van der Waals surface area contributed by atoms with Gasteiger partial charge >= 0.3 is 12.0 Å². The van der Waals surface area contributed by atoms with Gasteiger partial charge in [0.25, 0.3) is 0 Å². The molecule has 2 N–H and O–H groups in total. The van der Waals surface area contributed by atoms with Gasteiger partial charge in [0.05, 0.1) is 0 Å². The molecule has 5 nitrogen and oxygen atoms in total. The molecule has 1 atom stereocenters. The van der Waals surface area contributed by atoms with Gasteiger partial charge in [-0.1, -0.05) is 6.07 Å². The summed E-state index contributed by atoms with van der Waals surface area (Å²) in [6, 6.07) is 3.06. The number of carboxylic acids is 1. The number of carboxylic acid groups (broad SMARTS) is 1. The van der Waals surface area contributed by atoms with Crippen molar-refractivity contribution in [2.75, 3.05) is 11.9 Å². The molecule has 1 heterocycles. The monoisotopic (exact) mass is 266 g/mol. The van der Waals surface area contributed by atoms with Crippen LogP contribution in [0.2, 0.25) is 0 Å². The maximum absolute atomic E-state index is 13.4. The second kappa shape index (κ2) is 5.26. The highest BCUT2D eigenvalue weighted by Crippen LogP contribution is 2.20. The number of aryl methyl sites for hydroxylation is 1. The van der Waals surface area contributed by atoms with Gasteiger partial charge in [0.15, 0.2) is 0 Å². The van der Waals surface area contributed by atoms with Crippen LogP contribution in [0.1, 0.15) is 18.4 Å². The van der Waals surface area contributed by atoms with Crippen molar-refractivity contribution in [1.82, 2.24) is 4.90 Å². The van der Waals surface area contributed by atoms with E-state index in [0.29, 0.717) is 30.6 Å². The van der Waals surface area contributed by atoms with Crippen LogP contribution in [-0.2, 0) is 4.79 Å². The fourth-order valence-electron chi connectivity index (χ4n) is 2.13. The molecule has 102 valence electrons. The number of likely N-dealkylation sites (tertiary alicyclic amines) is 1. The fourth-order valence-corrected chi connectivity index (χ4v) is 2.13. The number of benzene rings is 1. The Morgan fingerprint density at radius 3 is 2.84 bits per heavy atom. The molecule has 1 aromatic carbocycles. The Labute approximate surface area is 110 Å². The maximum atomic E-state index is 13.4. The normalized spacial score (nSPS) is 18.4. The number of nitrogens with one attached hydrogen (secondary N) is 1. The summed E-state index contributed by atoms with van der Waals surface area (Å²) < 4.78 is 13.4. The van der Waals surface area contributed by atoms with E-state index >= 15 is 0 Å². The number of hydrogen-bond donors (Lipinski definition) is 2. The van der Waals surface area contributed by atoms with Crippen molar-refractivity contribution in [3.05, 3.63) is 29.6 Å². The fraction of sp³-hybridized carbons (Fsp3) is 0.385. The summed E-state index contributed by atoms with van der Waals surface area (Å²) in [6.07, 6.45) is 1.11. The quantitative estimate of drug-likeness (QED) is 0.862. The number of halogens is 1. The number of rotatable bonds is 2. The summed E-state index contributed by atoms with van der Waals surface area (Å²) in [6.45, 7) is 2.03. The third-order valence-corrected chi connectivity index (χ3v) is 3.22. The molecule has 0 bridgehead atoms. The number of amides is 2. The first-order valence-electron chi connectivity index (χ1n) is 6.05. The topological polar surface area (TPSA) is 69.6 Å². The molecule has 19 heavy (non-hydrogen) atoms. The maximum Gasteiger partial charge on any atom is 0.326 e. The van der Waals surface area contributed by atoms with Gasteiger partial charge < -0.3 is 15.3 Å². The van der Waals surface area contributed by atoms with E-state index in [2.05, 4.69) is 5.32 Å². The molecule has 2 amide bonds. The van der Waals surface area contributed by atoms with Gasteiger partial charge in [-0.05, 0) is 37.5 Å². The minimum atomic E-state index is -1.01. The van der Waals surface area contributed by atoms with Crippen LogP contribution in [0.15, 0.2) is 18.2 Å². The zero-order chi connectivity index (χ0) is 14.0. The Morgan fingerprint density at radius 2 is 2.21 bits per heavy atom. The summed E-state index contributed by atoms with van der Waals surface area (Å²) >= 11 is 0. The molecule has 1 saturated heterocycles. The number of aliphatic carboxylic acids is 1. The molecule has 0 saturated carbocycles. The predicted octanol–water partition coefficient (Wildman–Crippen LogP) is 2.22. The lowest BCUT2D eigenvalue weighted by atomic mass is 10.2. The summed E-state index contributed by atoms with van der Waals surface area (Å²) in [7, 11) is 0. The molecule has 2 rings (SSSR count). The lowest BCUT2D eigenvalue weighted by molar-refractivity contribution is -0.141. The van der Waals surface area contributed by atoms with E-state index in [1.807, 2.05) is 0 Å². The van der Waals surface area contributed by atoms with Crippen LogP contribution in [0.3, 0.4) is 0 Å². The van der Waals surface area contributed by atoms with Crippen LogP contribution >= 0.6 is 0 Å². The van der Waals surface area contributed by atoms with Crippen molar-refractivity contribution < 1.29 is 19.1 Å². The number of nitrogens with zero attached hydrogens (tertiary/aromatic N) is 1. The molecule has 6 heteroatoms. The first kappa shape index (κ1) is 13.3. The average Bonchev–Trinajstić information content (AvgIpc) is 2.83. The Bertz CT molecular complexity index is 519. The lowest BCUT2D eigenvalue weighted by Crippen LogP contribution is -2.42. The Hall–Kier alpha value is -2.11. The lowest BCUT2D eigenvalue weighted by Gasteiger charge is -2.21. The van der Waals surface area contributed by atoms with E-state index in [4.69, 9.17) is 5.11 Å². The standard InChI is InChI=1S/C13H15FN2O3/c1-8-4-5-9(7-10(8)14)15-13(19)16-6-2-3-11(16)12(17)18/h4-5,7,11H,2-3,6H2,1H3,(H,15,19)(H,17,18)/t11-/m0/s1. The molecule has 0 aliphatic carbocycles. The van der Waals surface area contributed by atoms with E-state index in [9.17, 15) is 14.0 Å². The van der Waals surface area contributed by atoms with Crippen LogP contribution in [0.25, 0.3) is 0 Å². The summed E-state index contributed by atoms with van der Waals surface area (Å²) in [5.74, 6) is -1.42. The van der Waals surface area contributed by atoms with Gasteiger partial charge in [0.2, 0.25) is 0 Å². The van der Waals surface area contributed by atoms with E-state index in [1.54, 1.807) is 19.1 Å². The van der Waals surface area contributed by atoms with Crippen LogP contribution in [0.4, 0.5) is 14.9 Å². The summed E-state index contributed by atoms with van der Waals surface area (Å²) in [5, 5.41) is 11.5. The SMILES string of the molecule is Cc1ccc(NC(=O)N2CCC[C@H]2C(=O)O)cc1F. The average molecular weight is 266 g/mol. The van der Waals surface area contributed by atoms with E-state index in [1.165, 1.54) is 11.0 Å². The van der Waals surface area contributed by atoms with E-state index in [0.717, 1.165) is 0 Å². The van der Waals surface area contributed by atoms with Crippen molar-refractivity contribution >= 4 is 17.7 Å². The number of carbonyl (C=O) groups is 2.